The van der Waals surface area contributed by atoms with Crippen LogP contribution in [0.2, 0.25) is 0 Å². The summed E-state index contributed by atoms with van der Waals surface area (Å²) in [5.41, 5.74) is 1.95. The Bertz CT molecular complexity index is 589. The largest absolute Gasteiger partial charge is 0.346 e. The van der Waals surface area contributed by atoms with Gasteiger partial charge in [0, 0.05) is 19.5 Å². The Kier molecular flexibility index (Phi) is 2.99. The van der Waals surface area contributed by atoms with E-state index in [4.69, 9.17) is 0 Å². The zero-order valence-corrected chi connectivity index (χ0v) is 12.4. The van der Waals surface area contributed by atoms with Crippen molar-refractivity contribution in [3.8, 4) is 0 Å². The Morgan fingerprint density at radius 3 is 2.75 bits per heavy atom. The molecule has 1 aromatic carbocycles. The Morgan fingerprint density at radius 2 is 1.95 bits per heavy atom. The average molecular weight is 285 g/mol. The lowest BCUT2D eigenvalue weighted by Crippen LogP contribution is -2.36. The SMILES string of the molecule is c1ccc(Cc2nnc(N3CCCC4(CC4)C3)s2)cc1. The molecule has 1 spiro atoms. The van der Waals surface area contributed by atoms with Crippen molar-refractivity contribution >= 4 is 16.5 Å². The van der Waals surface area contributed by atoms with Crippen LogP contribution in [0.1, 0.15) is 36.3 Å². The van der Waals surface area contributed by atoms with Crippen LogP contribution in [0, 0.1) is 5.41 Å². The van der Waals surface area contributed by atoms with Gasteiger partial charge < -0.3 is 4.90 Å². The quantitative estimate of drug-likeness (QED) is 0.864. The van der Waals surface area contributed by atoms with Crippen LogP contribution in [0.25, 0.3) is 0 Å². The van der Waals surface area contributed by atoms with Crippen molar-refractivity contribution in [3.63, 3.8) is 0 Å². The highest BCUT2D eigenvalue weighted by Crippen LogP contribution is 2.52. The number of hydrogen-bond acceptors (Lipinski definition) is 4. The van der Waals surface area contributed by atoms with E-state index in [-0.39, 0.29) is 0 Å². The van der Waals surface area contributed by atoms with Gasteiger partial charge in [-0.1, -0.05) is 41.7 Å². The summed E-state index contributed by atoms with van der Waals surface area (Å²) >= 11 is 1.77. The predicted molar refractivity (Wildman–Crippen MR) is 82.3 cm³/mol. The van der Waals surface area contributed by atoms with E-state index in [1.165, 1.54) is 37.8 Å². The van der Waals surface area contributed by atoms with Gasteiger partial charge in [-0.05, 0) is 36.7 Å². The normalized spacial score (nSPS) is 20.3. The molecule has 1 saturated carbocycles. The fraction of sp³-hybridized carbons (Fsp3) is 0.500. The van der Waals surface area contributed by atoms with E-state index in [0.29, 0.717) is 5.41 Å². The van der Waals surface area contributed by atoms with Gasteiger partial charge in [-0.3, -0.25) is 0 Å². The maximum Gasteiger partial charge on any atom is 0.208 e. The molecule has 2 aliphatic rings. The van der Waals surface area contributed by atoms with Gasteiger partial charge in [0.2, 0.25) is 5.13 Å². The van der Waals surface area contributed by atoms with Crippen LogP contribution in [0.15, 0.2) is 30.3 Å². The fourth-order valence-corrected chi connectivity index (χ4v) is 4.07. The first-order chi connectivity index (χ1) is 9.83. The molecule has 0 radical (unpaired) electrons. The summed E-state index contributed by atoms with van der Waals surface area (Å²) in [6.45, 7) is 2.36. The molecule has 1 aromatic heterocycles. The first kappa shape index (κ1) is 12.3. The Morgan fingerprint density at radius 1 is 1.10 bits per heavy atom. The van der Waals surface area contributed by atoms with Gasteiger partial charge >= 0.3 is 0 Å². The van der Waals surface area contributed by atoms with Crippen molar-refractivity contribution in [1.29, 1.82) is 0 Å². The zero-order valence-electron chi connectivity index (χ0n) is 11.6. The molecular weight excluding hydrogens is 266 g/mol. The third-order valence-corrected chi connectivity index (χ3v) is 5.53. The lowest BCUT2D eigenvalue weighted by molar-refractivity contribution is 0.394. The van der Waals surface area contributed by atoms with Crippen LogP contribution in [0.4, 0.5) is 5.13 Å². The van der Waals surface area contributed by atoms with Crippen molar-refractivity contribution in [3.05, 3.63) is 40.9 Å². The van der Waals surface area contributed by atoms with E-state index < -0.39 is 0 Å². The molecule has 0 unspecified atom stereocenters. The van der Waals surface area contributed by atoms with E-state index in [9.17, 15) is 0 Å². The van der Waals surface area contributed by atoms with Crippen LogP contribution in [-0.4, -0.2) is 23.3 Å². The fourth-order valence-electron chi connectivity index (χ4n) is 3.17. The number of rotatable bonds is 3. The molecule has 2 heterocycles. The second kappa shape index (κ2) is 4.85. The van der Waals surface area contributed by atoms with Gasteiger partial charge in [0.1, 0.15) is 5.01 Å². The standard InChI is InChI=1S/C16H19N3S/c1-2-5-13(6-3-1)11-14-17-18-15(20-14)19-10-4-7-16(12-19)8-9-16/h1-3,5-6H,4,7-12H2. The summed E-state index contributed by atoms with van der Waals surface area (Å²) in [6.07, 6.45) is 6.46. The minimum atomic E-state index is 0.642. The van der Waals surface area contributed by atoms with E-state index in [1.807, 2.05) is 0 Å². The third kappa shape index (κ3) is 2.44. The van der Waals surface area contributed by atoms with Gasteiger partial charge in [-0.15, -0.1) is 10.2 Å². The van der Waals surface area contributed by atoms with Gasteiger partial charge in [0.15, 0.2) is 0 Å². The lowest BCUT2D eigenvalue weighted by Gasteiger charge is -2.32. The number of anilines is 1. The summed E-state index contributed by atoms with van der Waals surface area (Å²) in [5.74, 6) is 0. The third-order valence-electron chi connectivity index (χ3n) is 4.54. The monoisotopic (exact) mass is 285 g/mol. The van der Waals surface area contributed by atoms with Crippen LogP contribution >= 0.6 is 11.3 Å². The van der Waals surface area contributed by atoms with Gasteiger partial charge in [0.05, 0.1) is 0 Å². The highest BCUT2D eigenvalue weighted by Gasteiger charge is 2.45. The number of hydrogen-bond donors (Lipinski definition) is 0. The summed E-state index contributed by atoms with van der Waals surface area (Å²) in [6, 6.07) is 10.5. The van der Waals surface area contributed by atoms with Crippen LogP contribution in [0.5, 0.6) is 0 Å². The van der Waals surface area contributed by atoms with Crippen molar-refractivity contribution in [1.82, 2.24) is 10.2 Å². The highest BCUT2D eigenvalue weighted by atomic mass is 32.1. The van der Waals surface area contributed by atoms with Crippen molar-refractivity contribution in [2.24, 2.45) is 5.41 Å². The highest BCUT2D eigenvalue weighted by molar-refractivity contribution is 7.15. The minimum absolute atomic E-state index is 0.642. The van der Waals surface area contributed by atoms with Gasteiger partial charge in [0.25, 0.3) is 0 Å². The molecule has 4 rings (SSSR count). The van der Waals surface area contributed by atoms with Crippen molar-refractivity contribution in [2.75, 3.05) is 18.0 Å². The number of benzene rings is 1. The summed E-state index contributed by atoms with van der Waals surface area (Å²) in [4.78, 5) is 2.46. The van der Waals surface area contributed by atoms with Crippen molar-refractivity contribution < 1.29 is 0 Å². The predicted octanol–water partition coefficient (Wildman–Crippen LogP) is 3.51. The molecule has 0 amide bonds. The van der Waals surface area contributed by atoms with Gasteiger partial charge in [-0.2, -0.15) is 0 Å². The molecule has 1 saturated heterocycles. The second-order valence-electron chi connectivity index (χ2n) is 6.17. The lowest BCUT2D eigenvalue weighted by atomic mass is 9.96. The van der Waals surface area contributed by atoms with E-state index in [2.05, 4.69) is 45.4 Å². The molecule has 4 heteroatoms. The maximum atomic E-state index is 4.42. The Hall–Kier alpha value is -1.42. The summed E-state index contributed by atoms with van der Waals surface area (Å²) in [7, 11) is 0. The molecule has 2 aromatic rings. The van der Waals surface area contributed by atoms with Crippen LogP contribution < -0.4 is 4.90 Å². The zero-order chi connectivity index (χ0) is 13.4. The Labute approximate surface area is 123 Å². The molecule has 0 bridgehead atoms. The first-order valence-electron chi connectivity index (χ1n) is 7.44. The molecular formula is C16H19N3S. The topological polar surface area (TPSA) is 29.0 Å². The van der Waals surface area contributed by atoms with Crippen molar-refractivity contribution in [2.45, 2.75) is 32.1 Å². The Balaban J connectivity index is 1.47. The van der Waals surface area contributed by atoms with Crippen LogP contribution in [-0.2, 0) is 6.42 Å². The smallest absolute Gasteiger partial charge is 0.208 e. The van der Waals surface area contributed by atoms with E-state index in [0.717, 1.165) is 23.1 Å². The maximum absolute atomic E-state index is 4.42. The van der Waals surface area contributed by atoms with Crippen LogP contribution in [0.3, 0.4) is 0 Å². The molecule has 1 aliphatic heterocycles. The number of piperidine rings is 1. The van der Waals surface area contributed by atoms with Gasteiger partial charge in [-0.25, -0.2) is 0 Å². The van der Waals surface area contributed by atoms with E-state index >= 15 is 0 Å². The number of aromatic nitrogens is 2. The molecule has 20 heavy (non-hydrogen) atoms. The molecule has 3 nitrogen and oxygen atoms in total. The first-order valence-corrected chi connectivity index (χ1v) is 8.26. The molecule has 2 fully saturated rings. The molecule has 1 aliphatic carbocycles. The van der Waals surface area contributed by atoms with E-state index in [1.54, 1.807) is 11.3 Å². The minimum Gasteiger partial charge on any atom is -0.346 e. The second-order valence-corrected chi connectivity index (χ2v) is 7.21. The molecule has 0 N–H and O–H groups in total. The summed E-state index contributed by atoms with van der Waals surface area (Å²) < 4.78 is 0. The number of nitrogens with zero attached hydrogens (tertiary/aromatic N) is 3. The summed E-state index contributed by atoms with van der Waals surface area (Å²) in [5, 5.41) is 11.1. The molecule has 0 atom stereocenters. The average Bonchev–Trinajstić information content (AvgIpc) is 3.05. The molecule has 104 valence electrons.